The molecular weight excluding hydrogens is 765 g/mol. The molecule has 6 unspecified atom stereocenters. The monoisotopic (exact) mass is 847 g/mol. The smallest absolute Gasteiger partial charge is 0.397 e. The standard InChI is InChI=1S/C45H82O12S/c1-3-5-7-9-11-13-15-17-19-20-21-22-24-26-28-30-32-34-41(47)55-39(37-53-35-33-31-29-27-25-23-18-16-14-12-10-8-6-4-2)38-54-45-43(49)44(57-58(50,51)52)42(48)40(36-46)56-45/h8,10,14,16-17,19,39-40,42-46,48-49H,3-7,9,11-13,15,18,20-38H2,1-2H3,(H,50,51,52)/b10-8-,16-14-,19-17-. The highest BCUT2D eigenvalue weighted by Crippen LogP contribution is 2.26. The fourth-order valence-electron chi connectivity index (χ4n) is 6.76. The Kier molecular flexibility index (Phi) is 34.8. The van der Waals surface area contributed by atoms with Gasteiger partial charge in [-0.2, -0.15) is 8.42 Å². The molecule has 0 saturated carbocycles. The molecule has 1 aliphatic heterocycles. The SMILES string of the molecule is CCC/C=C\C/C=C\CCCCCCCCOCC(COC1OC(CO)C(O)C(OS(=O)(=O)O)C1O)OC(=O)CCCCCCCCC/C=C\CCCCCCCC. The van der Waals surface area contributed by atoms with Gasteiger partial charge in [0.25, 0.3) is 0 Å². The molecular formula is C45H82O12S. The van der Waals surface area contributed by atoms with E-state index in [9.17, 15) is 28.5 Å². The molecule has 1 rings (SSSR count). The molecule has 0 aromatic carbocycles. The second-order valence-corrected chi connectivity index (χ2v) is 16.7. The van der Waals surface area contributed by atoms with E-state index in [2.05, 4.69) is 54.5 Å². The van der Waals surface area contributed by atoms with Crippen molar-refractivity contribution in [3.63, 3.8) is 0 Å². The third-order valence-corrected chi connectivity index (χ3v) is 10.7. The molecule has 1 saturated heterocycles. The molecule has 0 bridgehead atoms. The lowest BCUT2D eigenvalue weighted by Crippen LogP contribution is -2.60. The first-order valence-corrected chi connectivity index (χ1v) is 24.1. The van der Waals surface area contributed by atoms with E-state index >= 15 is 0 Å². The van der Waals surface area contributed by atoms with Gasteiger partial charge in [-0.05, 0) is 64.2 Å². The maximum atomic E-state index is 12.8. The summed E-state index contributed by atoms with van der Waals surface area (Å²) in [7, 11) is -5.06. The number of rotatable bonds is 39. The number of unbranched alkanes of at least 4 members (excludes halogenated alkanes) is 20. The van der Waals surface area contributed by atoms with Crippen molar-refractivity contribution in [1.29, 1.82) is 0 Å². The zero-order valence-corrected chi connectivity index (χ0v) is 36.9. The first-order valence-electron chi connectivity index (χ1n) is 22.7. The van der Waals surface area contributed by atoms with E-state index in [4.69, 9.17) is 23.5 Å². The van der Waals surface area contributed by atoms with E-state index in [1.807, 2.05) is 0 Å². The summed E-state index contributed by atoms with van der Waals surface area (Å²) < 4.78 is 59.0. The largest absolute Gasteiger partial charge is 0.457 e. The van der Waals surface area contributed by atoms with Crippen molar-refractivity contribution in [3.05, 3.63) is 36.5 Å². The number of carbonyl (C=O) groups is 1. The minimum absolute atomic E-state index is 0.0275. The molecule has 12 nitrogen and oxygen atoms in total. The fraction of sp³-hybridized carbons (Fsp3) is 0.844. The molecule has 58 heavy (non-hydrogen) atoms. The lowest BCUT2D eigenvalue weighted by atomic mass is 9.99. The molecule has 0 spiro atoms. The summed E-state index contributed by atoms with van der Waals surface area (Å²) in [5, 5.41) is 30.6. The molecule has 1 heterocycles. The van der Waals surface area contributed by atoms with Gasteiger partial charge in [0.1, 0.15) is 30.5 Å². The molecule has 0 amide bonds. The Labute approximate surface area is 352 Å². The van der Waals surface area contributed by atoms with Crippen LogP contribution in [0.1, 0.15) is 181 Å². The highest BCUT2D eigenvalue weighted by molar-refractivity contribution is 7.80. The normalized spacial score (nSPS) is 20.8. The van der Waals surface area contributed by atoms with Gasteiger partial charge in [0, 0.05) is 13.0 Å². The van der Waals surface area contributed by atoms with Crippen molar-refractivity contribution in [2.45, 2.75) is 218 Å². The highest BCUT2D eigenvalue weighted by Gasteiger charge is 2.48. The number of esters is 1. The van der Waals surface area contributed by atoms with Crippen LogP contribution in [-0.2, 0) is 38.3 Å². The van der Waals surface area contributed by atoms with Gasteiger partial charge < -0.3 is 34.3 Å². The van der Waals surface area contributed by atoms with Crippen LogP contribution in [0.15, 0.2) is 36.5 Å². The van der Waals surface area contributed by atoms with Gasteiger partial charge in [0.15, 0.2) is 6.29 Å². The molecule has 0 aliphatic carbocycles. The summed E-state index contributed by atoms with van der Waals surface area (Å²) in [4.78, 5) is 12.8. The summed E-state index contributed by atoms with van der Waals surface area (Å²) >= 11 is 0. The minimum atomic E-state index is -5.06. The number of allylic oxidation sites excluding steroid dienone is 6. The van der Waals surface area contributed by atoms with E-state index in [0.29, 0.717) is 13.0 Å². The number of aliphatic hydroxyl groups excluding tert-OH is 3. The number of hydrogen-bond acceptors (Lipinski definition) is 11. The lowest BCUT2D eigenvalue weighted by molar-refractivity contribution is -0.301. The Morgan fingerprint density at radius 2 is 1.17 bits per heavy atom. The van der Waals surface area contributed by atoms with Gasteiger partial charge in [-0.1, -0.05) is 147 Å². The Bertz CT molecular complexity index is 1160. The Balaban J connectivity index is 2.43. The lowest BCUT2D eigenvalue weighted by Gasteiger charge is -2.41. The molecule has 4 N–H and O–H groups in total. The van der Waals surface area contributed by atoms with Crippen LogP contribution in [0.3, 0.4) is 0 Å². The topological polar surface area (TPSA) is 178 Å². The fourth-order valence-corrected chi connectivity index (χ4v) is 7.27. The van der Waals surface area contributed by atoms with Gasteiger partial charge in [0.2, 0.25) is 0 Å². The second-order valence-electron chi connectivity index (χ2n) is 15.6. The van der Waals surface area contributed by atoms with Gasteiger partial charge in [-0.25, -0.2) is 4.18 Å². The average Bonchev–Trinajstić information content (AvgIpc) is 3.19. The van der Waals surface area contributed by atoms with E-state index < -0.39 is 59.8 Å². The molecule has 6 atom stereocenters. The maximum Gasteiger partial charge on any atom is 0.397 e. The second kappa shape index (κ2) is 37.1. The van der Waals surface area contributed by atoms with E-state index in [0.717, 1.165) is 70.6 Å². The quantitative estimate of drug-likeness (QED) is 0.0200. The third-order valence-electron chi connectivity index (χ3n) is 10.2. The zero-order chi connectivity index (χ0) is 42.5. The average molecular weight is 847 g/mol. The van der Waals surface area contributed by atoms with Gasteiger partial charge in [-0.3, -0.25) is 9.35 Å². The van der Waals surface area contributed by atoms with Crippen molar-refractivity contribution in [2.75, 3.05) is 26.4 Å². The van der Waals surface area contributed by atoms with Gasteiger partial charge in [-0.15, -0.1) is 0 Å². The Hall–Kier alpha value is -1.68. The summed E-state index contributed by atoms with van der Waals surface area (Å²) in [6.45, 7) is 3.89. The first kappa shape index (κ1) is 54.3. The third kappa shape index (κ3) is 30.4. The molecule has 1 fully saturated rings. The van der Waals surface area contributed by atoms with Crippen molar-refractivity contribution in [3.8, 4) is 0 Å². The maximum absolute atomic E-state index is 12.8. The van der Waals surface area contributed by atoms with Crippen LogP contribution in [0.25, 0.3) is 0 Å². The summed E-state index contributed by atoms with van der Waals surface area (Å²) in [6.07, 6.45) is 33.2. The first-order chi connectivity index (χ1) is 28.1. The van der Waals surface area contributed by atoms with E-state index in [1.165, 1.54) is 83.5 Å². The van der Waals surface area contributed by atoms with E-state index in [1.54, 1.807) is 0 Å². The van der Waals surface area contributed by atoms with Crippen molar-refractivity contribution in [1.82, 2.24) is 0 Å². The van der Waals surface area contributed by atoms with Crippen molar-refractivity contribution >= 4 is 16.4 Å². The summed E-state index contributed by atoms with van der Waals surface area (Å²) in [6, 6.07) is 0. The van der Waals surface area contributed by atoms with Crippen LogP contribution in [-0.4, -0.2) is 97.5 Å². The molecule has 13 heteroatoms. The van der Waals surface area contributed by atoms with Crippen LogP contribution in [0, 0.1) is 0 Å². The Morgan fingerprint density at radius 1 is 0.655 bits per heavy atom. The van der Waals surface area contributed by atoms with E-state index in [-0.39, 0.29) is 19.6 Å². The summed E-state index contributed by atoms with van der Waals surface area (Å²) in [5.41, 5.74) is 0. The van der Waals surface area contributed by atoms with Crippen LogP contribution < -0.4 is 0 Å². The van der Waals surface area contributed by atoms with Crippen LogP contribution >= 0.6 is 0 Å². The minimum Gasteiger partial charge on any atom is -0.457 e. The molecule has 0 aromatic heterocycles. The van der Waals surface area contributed by atoms with Crippen LogP contribution in [0.5, 0.6) is 0 Å². The number of aliphatic hydroxyl groups is 3. The van der Waals surface area contributed by atoms with Crippen molar-refractivity contribution < 1.29 is 56.2 Å². The molecule has 1 aliphatic rings. The molecule has 0 radical (unpaired) electrons. The number of carbonyl (C=O) groups excluding carboxylic acids is 1. The zero-order valence-electron chi connectivity index (χ0n) is 36.1. The predicted molar refractivity (Wildman–Crippen MR) is 230 cm³/mol. The molecule has 0 aromatic rings. The number of ether oxygens (including phenoxy) is 4. The van der Waals surface area contributed by atoms with Gasteiger partial charge >= 0.3 is 16.4 Å². The number of hydrogen-bond donors (Lipinski definition) is 4. The van der Waals surface area contributed by atoms with Gasteiger partial charge in [0.05, 0.1) is 19.8 Å². The highest BCUT2D eigenvalue weighted by atomic mass is 32.3. The Morgan fingerprint density at radius 3 is 1.72 bits per heavy atom. The van der Waals surface area contributed by atoms with Crippen LogP contribution in [0.4, 0.5) is 0 Å². The molecule has 340 valence electrons. The van der Waals surface area contributed by atoms with Crippen LogP contribution in [0.2, 0.25) is 0 Å². The predicted octanol–water partition coefficient (Wildman–Crippen LogP) is 9.41. The summed E-state index contributed by atoms with van der Waals surface area (Å²) in [5.74, 6) is -0.408. The van der Waals surface area contributed by atoms with Crippen molar-refractivity contribution in [2.24, 2.45) is 0 Å².